The van der Waals surface area contributed by atoms with Gasteiger partial charge in [-0.25, -0.2) is 0 Å². The number of Topliss-reactive ketones (excluding diaryl/α,β-unsaturated/α-hetero) is 1. The molecule has 1 rings (SSSR count). The largest absolute Gasteiger partial charge is 0.319 e. The van der Waals surface area contributed by atoms with Gasteiger partial charge < -0.3 is 5.73 Å². The summed E-state index contributed by atoms with van der Waals surface area (Å²) in [6.45, 7) is 4.00. The summed E-state index contributed by atoms with van der Waals surface area (Å²) in [7, 11) is 0. The van der Waals surface area contributed by atoms with Crippen molar-refractivity contribution >= 4 is 5.78 Å². The van der Waals surface area contributed by atoms with E-state index in [9.17, 15) is 4.79 Å². The molecule has 0 radical (unpaired) electrons. The third-order valence-electron chi connectivity index (χ3n) is 3.23. The van der Waals surface area contributed by atoms with Gasteiger partial charge in [-0.05, 0) is 25.7 Å². The maximum absolute atomic E-state index is 11.8. The summed E-state index contributed by atoms with van der Waals surface area (Å²) < 4.78 is 0. The lowest BCUT2D eigenvalue weighted by Gasteiger charge is -2.33. The Balaban J connectivity index is 2.58. The highest BCUT2D eigenvalue weighted by Crippen LogP contribution is 2.32. The zero-order valence-corrected chi connectivity index (χ0v) is 8.10. The van der Waals surface area contributed by atoms with Gasteiger partial charge >= 0.3 is 0 Å². The predicted molar refractivity (Wildman–Crippen MR) is 49.8 cm³/mol. The molecule has 0 aromatic heterocycles. The molecule has 0 aliphatic heterocycles. The van der Waals surface area contributed by atoms with Crippen molar-refractivity contribution in [2.24, 2.45) is 11.7 Å². The van der Waals surface area contributed by atoms with Crippen LogP contribution in [0.3, 0.4) is 0 Å². The van der Waals surface area contributed by atoms with Crippen LogP contribution in [0.5, 0.6) is 0 Å². The molecule has 0 unspecified atom stereocenters. The number of carbonyl (C=O) groups is 1. The van der Waals surface area contributed by atoms with Gasteiger partial charge in [-0.3, -0.25) is 4.79 Å². The molecule has 0 aromatic rings. The smallest absolute Gasteiger partial charge is 0.155 e. The minimum absolute atomic E-state index is 0.287. The van der Waals surface area contributed by atoms with E-state index in [4.69, 9.17) is 5.73 Å². The second-order valence-electron chi connectivity index (χ2n) is 3.86. The SMILES string of the molecule is CCC(N)(CC)C(=O)C1CCC1. The maximum Gasteiger partial charge on any atom is 0.155 e. The Labute approximate surface area is 74.5 Å². The van der Waals surface area contributed by atoms with Gasteiger partial charge in [-0.15, -0.1) is 0 Å². The minimum atomic E-state index is -0.523. The third kappa shape index (κ3) is 1.53. The van der Waals surface area contributed by atoms with E-state index in [1.165, 1.54) is 6.42 Å². The van der Waals surface area contributed by atoms with Crippen molar-refractivity contribution in [2.45, 2.75) is 51.5 Å². The van der Waals surface area contributed by atoms with Gasteiger partial charge in [0, 0.05) is 5.92 Å². The summed E-state index contributed by atoms with van der Waals surface area (Å²) in [5, 5.41) is 0. The van der Waals surface area contributed by atoms with E-state index < -0.39 is 5.54 Å². The van der Waals surface area contributed by atoms with Crippen LogP contribution in [0.2, 0.25) is 0 Å². The summed E-state index contributed by atoms with van der Waals surface area (Å²) in [4.78, 5) is 11.8. The van der Waals surface area contributed by atoms with E-state index in [0.717, 1.165) is 25.7 Å². The average Bonchev–Trinajstić information content (AvgIpc) is 2.00. The van der Waals surface area contributed by atoms with Gasteiger partial charge in [-0.2, -0.15) is 0 Å². The second kappa shape index (κ2) is 3.56. The molecule has 12 heavy (non-hydrogen) atoms. The van der Waals surface area contributed by atoms with Gasteiger partial charge in [-0.1, -0.05) is 20.3 Å². The molecule has 0 aromatic carbocycles. The van der Waals surface area contributed by atoms with Crippen LogP contribution >= 0.6 is 0 Å². The predicted octanol–water partition coefficient (Wildman–Crippen LogP) is 1.87. The number of ketones is 1. The fourth-order valence-electron chi connectivity index (χ4n) is 1.68. The van der Waals surface area contributed by atoms with Crippen molar-refractivity contribution in [1.29, 1.82) is 0 Å². The summed E-state index contributed by atoms with van der Waals surface area (Å²) in [6.07, 6.45) is 4.90. The monoisotopic (exact) mass is 169 g/mol. The quantitative estimate of drug-likeness (QED) is 0.698. The van der Waals surface area contributed by atoms with E-state index in [1.807, 2.05) is 13.8 Å². The van der Waals surface area contributed by atoms with E-state index >= 15 is 0 Å². The molecule has 0 saturated heterocycles. The van der Waals surface area contributed by atoms with Crippen LogP contribution in [0.1, 0.15) is 46.0 Å². The Morgan fingerprint density at radius 1 is 1.42 bits per heavy atom. The standard InChI is InChI=1S/C10H19NO/c1-3-10(11,4-2)9(12)8-6-5-7-8/h8H,3-7,11H2,1-2H3. The minimum Gasteiger partial charge on any atom is -0.319 e. The summed E-state index contributed by atoms with van der Waals surface area (Å²) >= 11 is 0. The van der Waals surface area contributed by atoms with Crippen LogP contribution in [0.15, 0.2) is 0 Å². The molecule has 1 aliphatic carbocycles. The Bertz CT molecular complexity index is 169. The number of carbonyl (C=O) groups excluding carboxylic acids is 1. The molecule has 70 valence electrons. The molecule has 0 bridgehead atoms. The van der Waals surface area contributed by atoms with Gasteiger partial charge in [0.15, 0.2) is 5.78 Å². The molecule has 0 heterocycles. The topological polar surface area (TPSA) is 43.1 Å². The average molecular weight is 169 g/mol. The molecule has 1 aliphatic rings. The molecule has 2 N–H and O–H groups in total. The number of rotatable bonds is 4. The molecule has 2 nitrogen and oxygen atoms in total. The van der Waals surface area contributed by atoms with Gasteiger partial charge in [0.05, 0.1) is 5.54 Å². The molecular weight excluding hydrogens is 150 g/mol. The first-order chi connectivity index (χ1) is 5.64. The molecule has 0 spiro atoms. The van der Waals surface area contributed by atoms with Crippen molar-refractivity contribution in [3.8, 4) is 0 Å². The Kier molecular flexibility index (Phi) is 2.89. The Morgan fingerprint density at radius 3 is 2.17 bits per heavy atom. The van der Waals surface area contributed by atoms with Crippen LogP contribution in [0, 0.1) is 5.92 Å². The highest BCUT2D eigenvalue weighted by molar-refractivity contribution is 5.90. The third-order valence-corrected chi connectivity index (χ3v) is 3.23. The summed E-state index contributed by atoms with van der Waals surface area (Å²) in [5.41, 5.74) is 5.48. The van der Waals surface area contributed by atoms with Crippen molar-refractivity contribution in [2.75, 3.05) is 0 Å². The zero-order chi connectivity index (χ0) is 9.19. The highest BCUT2D eigenvalue weighted by atomic mass is 16.1. The van der Waals surface area contributed by atoms with Gasteiger partial charge in [0.1, 0.15) is 0 Å². The lowest BCUT2D eigenvalue weighted by atomic mass is 9.73. The van der Waals surface area contributed by atoms with Crippen LogP contribution in [0.25, 0.3) is 0 Å². The summed E-state index contributed by atoms with van der Waals surface area (Å²) in [5.74, 6) is 0.591. The fourth-order valence-corrected chi connectivity index (χ4v) is 1.68. The molecule has 2 heteroatoms. The lowest BCUT2D eigenvalue weighted by Crippen LogP contribution is -2.51. The first kappa shape index (κ1) is 9.72. The second-order valence-corrected chi connectivity index (χ2v) is 3.86. The Morgan fingerprint density at radius 2 is 1.92 bits per heavy atom. The number of nitrogens with two attached hydrogens (primary N) is 1. The van der Waals surface area contributed by atoms with Crippen LogP contribution in [-0.4, -0.2) is 11.3 Å². The van der Waals surface area contributed by atoms with Crippen molar-refractivity contribution in [1.82, 2.24) is 0 Å². The van der Waals surface area contributed by atoms with E-state index in [-0.39, 0.29) is 5.92 Å². The fraction of sp³-hybridized carbons (Fsp3) is 0.900. The van der Waals surface area contributed by atoms with Crippen LogP contribution in [-0.2, 0) is 4.79 Å². The highest BCUT2D eigenvalue weighted by Gasteiger charge is 2.37. The normalized spacial score (nSPS) is 18.9. The molecule has 1 fully saturated rings. The maximum atomic E-state index is 11.8. The van der Waals surface area contributed by atoms with Crippen molar-refractivity contribution < 1.29 is 4.79 Å². The Hall–Kier alpha value is -0.370. The molecular formula is C10H19NO. The van der Waals surface area contributed by atoms with Gasteiger partial charge in [0.2, 0.25) is 0 Å². The summed E-state index contributed by atoms with van der Waals surface area (Å²) in [6, 6.07) is 0. The molecule has 0 atom stereocenters. The number of hydrogen-bond donors (Lipinski definition) is 1. The van der Waals surface area contributed by atoms with Crippen molar-refractivity contribution in [3.63, 3.8) is 0 Å². The van der Waals surface area contributed by atoms with Crippen molar-refractivity contribution in [3.05, 3.63) is 0 Å². The van der Waals surface area contributed by atoms with Crippen LogP contribution in [0.4, 0.5) is 0 Å². The lowest BCUT2D eigenvalue weighted by molar-refractivity contribution is -0.130. The van der Waals surface area contributed by atoms with E-state index in [2.05, 4.69) is 0 Å². The molecule has 1 saturated carbocycles. The number of hydrogen-bond acceptors (Lipinski definition) is 2. The molecule has 0 amide bonds. The first-order valence-electron chi connectivity index (χ1n) is 4.97. The van der Waals surface area contributed by atoms with E-state index in [0.29, 0.717) is 5.78 Å². The van der Waals surface area contributed by atoms with Crippen LogP contribution < -0.4 is 5.73 Å². The van der Waals surface area contributed by atoms with E-state index in [1.54, 1.807) is 0 Å². The first-order valence-corrected chi connectivity index (χ1v) is 4.97. The van der Waals surface area contributed by atoms with Gasteiger partial charge in [0.25, 0.3) is 0 Å². The zero-order valence-electron chi connectivity index (χ0n) is 8.10.